The predicted molar refractivity (Wildman–Crippen MR) is 207 cm³/mol. The third kappa shape index (κ3) is 9.53. The molecule has 0 spiro atoms. The third-order valence-electron chi connectivity index (χ3n) is 10.9. The fraction of sp³-hybridized carbons (Fsp3) is 0.415. The Morgan fingerprint density at radius 2 is 1.60 bits per heavy atom. The van der Waals surface area contributed by atoms with Gasteiger partial charge in [-0.15, -0.1) is 0 Å². The van der Waals surface area contributed by atoms with E-state index in [1.54, 1.807) is 17.2 Å². The van der Waals surface area contributed by atoms with Crippen molar-refractivity contribution in [2.45, 2.75) is 75.8 Å². The SMILES string of the molecule is Cc1cc(C(=O)NC2CCCNC2=O)ccc1-c1ccc(CC(NCC2CCC(CN)CC2)C(=O)Nc2ccc(-c3n[nH]c(C(F)(F)C(F)(F)C(=O)O)n3)cc2)cc1. The molecule has 0 bridgehead atoms. The molecule has 1 saturated heterocycles. The molecule has 1 aliphatic carbocycles. The second-order valence-electron chi connectivity index (χ2n) is 15.0. The molecule has 3 amide bonds. The Kier molecular flexibility index (Phi) is 12.9. The first-order chi connectivity index (χ1) is 27.7. The molecule has 4 aromatic rings. The van der Waals surface area contributed by atoms with Crippen LogP contribution in [-0.4, -0.2) is 81.6 Å². The molecular formula is C41H46F4N8O5. The number of hydrogen-bond acceptors (Lipinski definition) is 8. The lowest BCUT2D eigenvalue weighted by Crippen LogP contribution is -2.50. The first kappa shape index (κ1) is 41.9. The predicted octanol–water partition coefficient (Wildman–Crippen LogP) is 5.17. The highest BCUT2D eigenvalue weighted by atomic mass is 19.3. The molecule has 3 aromatic carbocycles. The number of aliphatic carboxylic acids is 1. The van der Waals surface area contributed by atoms with E-state index in [4.69, 9.17) is 10.8 Å². The number of hydrogen-bond donors (Lipinski definition) is 7. The molecule has 58 heavy (non-hydrogen) atoms. The van der Waals surface area contributed by atoms with Gasteiger partial charge in [-0.2, -0.15) is 22.7 Å². The standard InChI is InChI=1S/C41H46F4N8O5/c1-23-19-29(35(54)50-32-3-2-18-47-36(32)55)14-17-31(23)27-10-8-24(9-11-27)20-33(48-22-26-6-4-25(21-46)5-7-26)37(56)49-30-15-12-28(13-16-30)34-51-38(53-52-34)40(42,43)41(44,45)39(57)58/h8-17,19,25-26,32-33,48H,2-7,18,20-22,46H2,1H3,(H,47,55)(H,49,56)(H,50,54)(H,57,58)(H,51,52,53). The molecule has 1 aromatic heterocycles. The number of amides is 3. The summed E-state index contributed by atoms with van der Waals surface area (Å²) in [6.07, 6.45) is 5.80. The normalized spacial score (nSPS) is 19.2. The van der Waals surface area contributed by atoms with E-state index in [2.05, 4.69) is 31.3 Å². The maximum atomic E-state index is 14.2. The molecule has 2 fully saturated rings. The lowest BCUT2D eigenvalue weighted by molar-refractivity contribution is -0.231. The zero-order valence-electron chi connectivity index (χ0n) is 31.8. The number of H-pyrrole nitrogens is 1. The molecule has 13 nitrogen and oxygen atoms in total. The van der Waals surface area contributed by atoms with Crippen LogP contribution in [0.3, 0.4) is 0 Å². The highest BCUT2D eigenvalue weighted by Crippen LogP contribution is 2.42. The van der Waals surface area contributed by atoms with E-state index >= 15 is 0 Å². The topological polar surface area (TPSA) is 204 Å². The molecule has 1 aliphatic heterocycles. The summed E-state index contributed by atoms with van der Waals surface area (Å²) in [6, 6.07) is 17.8. The minimum atomic E-state index is -5.42. The number of carbonyl (C=O) groups is 4. The minimum Gasteiger partial charge on any atom is -0.477 e. The van der Waals surface area contributed by atoms with Crippen molar-refractivity contribution < 1.29 is 41.8 Å². The van der Waals surface area contributed by atoms with E-state index in [9.17, 15) is 36.7 Å². The van der Waals surface area contributed by atoms with Crippen LogP contribution in [0.5, 0.6) is 0 Å². The quantitative estimate of drug-likeness (QED) is 0.0791. The van der Waals surface area contributed by atoms with Gasteiger partial charge >= 0.3 is 17.8 Å². The van der Waals surface area contributed by atoms with E-state index in [1.807, 2.05) is 37.3 Å². The van der Waals surface area contributed by atoms with Crippen LogP contribution in [0.2, 0.25) is 0 Å². The summed E-state index contributed by atoms with van der Waals surface area (Å²) in [4.78, 5) is 53.0. The summed E-state index contributed by atoms with van der Waals surface area (Å²) in [7, 11) is 0. The molecule has 0 radical (unpaired) electrons. The molecule has 1 saturated carbocycles. The number of carboxylic acids is 1. The zero-order valence-corrected chi connectivity index (χ0v) is 31.8. The smallest absolute Gasteiger partial charge is 0.411 e. The van der Waals surface area contributed by atoms with Crippen LogP contribution in [0.25, 0.3) is 22.5 Å². The van der Waals surface area contributed by atoms with Crippen molar-refractivity contribution in [3.8, 4) is 22.5 Å². The van der Waals surface area contributed by atoms with E-state index in [0.29, 0.717) is 55.6 Å². The average Bonchev–Trinajstić information content (AvgIpc) is 3.72. The van der Waals surface area contributed by atoms with Crippen LogP contribution in [0, 0.1) is 18.8 Å². The Morgan fingerprint density at radius 1 is 0.931 bits per heavy atom. The summed E-state index contributed by atoms with van der Waals surface area (Å²) in [5, 5.41) is 25.8. The lowest BCUT2D eigenvalue weighted by Gasteiger charge is -2.29. The van der Waals surface area contributed by atoms with Gasteiger partial charge in [0.2, 0.25) is 17.6 Å². The maximum Gasteiger partial charge on any atom is 0.411 e. The van der Waals surface area contributed by atoms with Crippen molar-refractivity contribution in [2.75, 3.05) is 25.0 Å². The fourth-order valence-corrected chi connectivity index (χ4v) is 7.32. The summed E-state index contributed by atoms with van der Waals surface area (Å²) in [5.74, 6) is -15.5. The van der Waals surface area contributed by atoms with Crippen molar-refractivity contribution in [3.63, 3.8) is 0 Å². The van der Waals surface area contributed by atoms with Gasteiger partial charge in [0.15, 0.2) is 5.82 Å². The fourth-order valence-electron chi connectivity index (χ4n) is 7.32. The van der Waals surface area contributed by atoms with Crippen molar-refractivity contribution >= 4 is 29.4 Å². The van der Waals surface area contributed by atoms with Gasteiger partial charge in [-0.3, -0.25) is 19.5 Å². The Hall–Kier alpha value is -5.68. The maximum absolute atomic E-state index is 14.2. The van der Waals surface area contributed by atoms with Gasteiger partial charge in [0.25, 0.3) is 5.91 Å². The average molecular weight is 807 g/mol. The zero-order chi connectivity index (χ0) is 41.6. The lowest BCUT2D eigenvalue weighted by atomic mass is 9.82. The number of carboxylic acid groups (broad SMARTS) is 1. The van der Waals surface area contributed by atoms with Crippen LogP contribution in [-0.2, 0) is 26.7 Å². The van der Waals surface area contributed by atoms with Crippen LogP contribution in [0.15, 0.2) is 66.7 Å². The Bertz CT molecular complexity index is 2100. The number of nitrogens with one attached hydrogen (secondary N) is 5. The van der Waals surface area contributed by atoms with Crippen LogP contribution in [0.4, 0.5) is 23.2 Å². The van der Waals surface area contributed by atoms with Crippen molar-refractivity contribution in [1.82, 2.24) is 31.1 Å². The summed E-state index contributed by atoms with van der Waals surface area (Å²) in [6.45, 7) is 3.80. The summed E-state index contributed by atoms with van der Waals surface area (Å²) >= 11 is 0. The summed E-state index contributed by atoms with van der Waals surface area (Å²) in [5.41, 5.74) is 10.5. The largest absolute Gasteiger partial charge is 0.477 e. The van der Waals surface area contributed by atoms with E-state index in [0.717, 1.165) is 54.4 Å². The molecule has 2 atom stereocenters. The number of nitrogens with two attached hydrogens (primary N) is 1. The number of halogens is 4. The van der Waals surface area contributed by atoms with E-state index in [-0.39, 0.29) is 29.1 Å². The van der Waals surface area contributed by atoms with Gasteiger partial charge in [0.05, 0.1) is 6.04 Å². The Labute approximate surface area is 332 Å². The number of benzene rings is 3. The molecule has 308 valence electrons. The third-order valence-corrected chi connectivity index (χ3v) is 10.9. The highest BCUT2D eigenvalue weighted by Gasteiger charge is 2.65. The number of rotatable bonds is 15. The minimum absolute atomic E-state index is 0.152. The number of aromatic nitrogens is 3. The van der Waals surface area contributed by atoms with Crippen molar-refractivity contribution in [1.29, 1.82) is 0 Å². The molecular weight excluding hydrogens is 760 g/mol. The molecule has 2 heterocycles. The molecule has 8 N–H and O–H groups in total. The molecule has 6 rings (SSSR count). The first-order valence-corrected chi connectivity index (χ1v) is 19.2. The number of aryl methyl sites for hydroxylation is 1. The number of piperidine rings is 1. The second kappa shape index (κ2) is 17.9. The molecule has 17 heteroatoms. The summed E-state index contributed by atoms with van der Waals surface area (Å²) < 4.78 is 55.9. The van der Waals surface area contributed by atoms with Gasteiger partial charge in [-0.1, -0.05) is 30.3 Å². The van der Waals surface area contributed by atoms with Crippen LogP contribution < -0.4 is 27.0 Å². The van der Waals surface area contributed by atoms with Gasteiger partial charge < -0.3 is 32.1 Å². The van der Waals surface area contributed by atoms with Crippen molar-refractivity contribution in [3.05, 3.63) is 89.2 Å². The van der Waals surface area contributed by atoms with Crippen molar-refractivity contribution in [2.24, 2.45) is 17.6 Å². The van der Waals surface area contributed by atoms with Gasteiger partial charge in [0.1, 0.15) is 6.04 Å². The van der Waals surface area contributed by atoms with Gasteiger partial charge in [-0.25, -0.2) is 9.78 Å². The van der Waals surface area contributed by atoms with Crippen LogP contribution in [0.1, 0.15) is 65.8 Å². The monoisotopic (exact) mass is 806 g/mol. The number of alkyl halides is 4. The molecule has 2 aliphatic rings. The Morgan fingerprint density at radius 3 is 2.24 bits per heavy atom. The van der Waals surface area contributed by atoms with Crippen LogP contribution >= 0.6 is 0 Å². The second-order valence-corrected chi connectivity index (χ2v) is 15.0. The number of anilines is 1. The van der Waals surface area contributed by atoms with E-state index < -0.39 is 35.7 Å². The molecule has 2 unspecified atom stereocenters. The Balaban J connectivity index is 1.13. The number of aromatic amines is 1. The van der Waals surface area contributed by atoms with E-state index in [1.165, 1.54) is 24.3 Å². The number of carbonyl (C=O) groups excluding carboxylic acids is 3. The van der Waals surface area contributed by atoms with Gasteiger partial charge in [-0.05, 0) is 135 Å². The van der Waals surface area contributed by atoms with Gasteiger partial charge in [0, 0.05) is 23.4 Å². The first-order valence-electron chi connectivity index (χ1n) is 19.2. The highest BCUT2D eigenvalue weighted by molar-refractivity contribution is 5.98. The number of nitrogens with zero attached hydrogens (tertiary/aromatic N) is 2.